The molecule has 19 heavy (non-hydrogen) atoms. The lowest BCUT2D eigenvalue weighted by Gasteiger charge is -2.22. The summed E-state index contributed by atoms with van der Waals surface area (Å²) in [5, 5.41) is 13.2. The quantitative estimate of drug-likeness (QED) is 0.842. The number of hydrogen-bond donors (Lipinski definition) is 2. The van der Waals surface area contributed by atoms with Crippen LogP contribution in [0.25, 0.3) is 0 Å². The maximum atomic E-state index is 9.05. The molecule has 2 rings (SSSR count). The first-order valence-corrected chi connectivity index (χ1v) is 7.47. The van der Waals surface area contributed by atoms with Gasteiger partial charge in [-0.15, -0.1) is 0 Å². The molecule has 1 aliphatic rings. The molecule has 0 aromatic heterocycles. The molecule has 0 amide bonds. The lowest BCUT2D eigenvalue weighted by atomic mass is 10.1. The van der Waals surface area contributed by atoms with Crippen LogP contribution in [0.4, 0.5) is 5.69 Å². The fourth-order valence-corrected chi connectivity index (χ4v) is 2.88. The fourth-order valence-electron chi connectivity index (χ4n) is 2.71. The van der Waals surface area contributed by atoms with Crippen molar-refractivity contribution in [1.29, 1.82) is 0 Å². The first kappa shape index (κ1) is 14.6. The predicted molar refractivity (Wildman–Crippen MR) is 80.9 cm³/mol. The van der Waals surface area contributed by atoms with Gasteiger partial charge in [0.15, 0.2) is 0 Å². The van der Waals surface area contributed by atoms with Crippen LogP contribution in [-0.2, 0) is 6.54 Å². The van der Waals surface area contributed by atoms with Crippen LogP contribution in [0.5, 0.6) is 0 Å². The van der Waals surface area contributed by atoms with Crippen molar-refractivity contribution in [3.05, 3.63) is 28.8 Å². The number of nitrogens with zero attached hydrogens (tertiary/aromatic N) is 1. The van der Waals surface area contributed by atoms with Crippen molar-refractivity contribution in [1.82, 2.24) is 5.32 Å². The third-order valence-corrected chi connectivity index (χ3v) is 4.01. The highest BCUT2D eigenvalue weighted by Crippen LogP contribution is 2.30. The van der Waals surface area contributed by atoms with E-state index in [1.54, 1.807) is 0 Å². The SMILES string of the molecule is CCNCc1ccc(Cl)cc1N1CCC(CCO)C1. The molecule has 1 aromatic carbocycles. The molecule has 1 heterocycles. The van der Waals surface area contributed by atoms with Crippen LogP contribution >= 0.6 is 11.6 Å². The molecule has 4 heteroatoms. The third-order valence-electron chi connectivity index (χ3n) is 3.78. The maximum absolute atomic E-state index is 9.05. The molecule has 1 unspecified atom stereocenters. The summed E-state index contributed by atoms with van der Waals surface area (Å²) in [4.78, 5) is 2.40. The van der Waals surface area contributed by atoms with Gasteiger partial charge in [-0.3, -0.25) is 0 Å². The van der Waals surface area contributed by atoms with E-state index in [2.05, 4.69) is 29.3 Å². The van der Waals surface area contributed by atoms with E-state index in [4.69, 9.17) is 16.7 Å². The Kier molecular flexibility index (Phi) is 5.49. The Balaban J connectivity index is 2.11. The Morgan fingerprint density at radius 2 is 2.32 bits per heavy atom. The normalized spacial score (nSPS) is 19.1. The van der Waals surface area contributed by atoms with Crippen LogP contribution < -0.4 is 10.2 Å². The van der Waals surface area contributed by atoms with E-state index in [1.165, 1.54) is 11.3 Å². The Morgan fingerprint density at radius 1 is 1.47 bits per heavy atom. The number of halogens is 1. The second-order valence-corrected chi connectivity index (χ2v) is 5.60. The molecule has 0 saturated carbocycles. The molecule has 1 saturated heterocycles. The van der Waals surface area contributed by atoms with Crippen LogP contribution in [-0.4, -0.2) is 31.3 Å². The summed E-state index contributed by atoms with van der Waals surface area (Å²) in [7, 11) is 0. The van der Waals surface area contributed by atoms with Crippen molar-refractivity contribution in [2.24, 2.45) is 5.92 Å². The molecule has 1 aromatic rings. The zero-order chi connectivity index (χ0) is 13.7. The Morgan fingerprint density at radius 3 is 3.05 bits per heavy atom. The van der Waals surface area contributed by atoms with Gasteiger partial charge in [-0.05, 0) is 43.0 Å². The lowest BCUT2D eigenvalue weighted by Crippen LogP contribution is -2.23. The van der Waals surface area contributed by atoms with E-state index in [9.17, 15) is 0 Å². The van der Waals surface area contributed by atoms with Crippen molar-refractivity contribution in [2.75, 3.05) is 31.1 Å². The summed E-state index contributed by atoms with van der Waals surface area (Å²) in [5.74, 6) is 0.607. The third kappa shape index (κ3) is 3.85. The molecule has 1 aliphatic heterocycles. The number of hydrogen-bond acceptors (Lipinski definition) is 3. The van der Waals surface area contributed by atoms with Crippen LogP contribution in [0.15, 0.2) is 18.2 Å². The largest absolute Gasteiger partial charge is 0.396 e. The highest BCUT2D eigenvalue weighted by molar-refractivity contribution is 6.30. The standard InChI is InChI=1S/C15H23ClN2O/c1-2-17-10-13-3-4-14(16)9-15(13)18-7-5-12(11-18)6-8-19/h3-4,9,12,17,19H,2,5-8,10-11H2,1H3. The lowest BCUT2D eigenvalue weighted by molar-refractivity contribution is 0.263. The van der Waals surface area contributed by atoms with Gasteiger partial charge < -0.3 is 15.3 Å². The minimum absolute atomic E-state index is 0.290. The van der Waals surface area contributed by atoms with Gasteiger partial charge >= 0.3 is 0 Å². The van der Waals surface area contributed by atoms with Crippen molar-refractivity contribution >= 4 is 17.3 Å². The van der Waals surface area contributed by atoms with Gasteiger partial charge in [-0.25, -0.2) is 0 Å². The van der Waals surface area contributed by atoms with Gasteiger partial charge in [-0.1, -0.05) is 24.6 Å². The average Bonchev–Trinajstić information content (AvgIpc) is 2.86. The molecular weight excluding hydrogens is 260 g/mol. The van der Waals surface area contributed by atoms with E-state index in [1.807, 2.05) is 6.07 Å². The monoisotopic (exact) mass is 282 g/mol. The predicted octanol–water partition coefficient (Wildman–Crippen LogP) is 2.66. The van der Waals surface area contributed by atoms with E-state index >= 15 is 0 Å². The molecule has 106 valence electrons. The molecule has 1 atom stereocenters. The van der Waals surface area contributed by atoms with Gasteiger partial charge in [0.25, 0.3) is 0 Å². The molecule has 3 nitrogen and oxygen atoms in total. The van der Waals surface area contributed by atoms with Gasteiger partial charge in [-0.2, -0.15) is 0 Å². The summed E-state index contributed by atoms with van der Waals surface area (Å²) >= 11 is 6.14. The number of benzene rings is 1. The van der Waals surface area contributed by atoms with Gasteiger partial charge in [0.1, 0.15) is 0 Å². The van der Waals surface area contributed by atoms with E-state index in [-0.39, 0.29) is 6.61 Å². The van der Waals surface area contributed by atoms with Crippen LogP contribution in [0, 0.1) is 5.92 Å². The van der Waals surface area contributed by atoms with Gasteiger partial charge in [0.05, 0.1) is 0 Å². The molecule has 0 bridgehead atoms. The van der Waals surface area contributed by atoms with Crippen LogP contribution in [0.1, 0.15) is 25.3 Å². The minimum atomic E-state index is 0.290. The van der Waals surface area contributed by atoms with Crippen molar-refractivity contribution in [3.8, 4) is 0 Å². The average molecular weight is 283 g/mol. The summed E-state index contributed by atoms with van der Waals surface area (Å²) < 4.78 is 0. The number of nitrogens with one attached hydrogen (secondary N) is 1. The van der Waals surface area contributed by atoms with Crippen LogP contribution in [0.3, 0.4) is 0 Å². The number of rotatable bonds is 6. The zero-order valence-corrected chi connectivity index (χ0v) is 12.3. The molecule has 0 radical (unpaired) electrons. The Bertz CT molecular complexity index is 411. The topological polar surface area (TPSA) is 35.5 Å². The smallest absolute Gasteiger partial charge is 0.0434 e. The maximum Gasteiger partial charge on any atom is 0.0434 e. The van der Waals surface area contributed by atoms with Crippen LogP contribution in [0.2, 0.25) is 5.02 Å². The molecule has 0 spiro atoms. The van der Waals surface area contributed by atoms with Gasteiger partial charge in [0, 0.05) is 37.0 Å². The first-order valence-electron chi connectivity index (χ1n) is 7.09. The number of aliphatic hydroxyl groups excluding tert-OH is 1. The fraction of sp³-hybridized carbons (Fsp3) is 0.600. The minimum Gasteiger partial charge on any atom is -0.396 e. The number of aliphatic hydroxyl groups is 1. The second-order valence-electron chi connectivity index (χ2n) is 5.17. The van der Waals surface area contributed by atoms with Crippen molar-refractivity contribution in [3.63, 3.8) is 0 Å². The molecular formula is C15H23ClN2O. The van der Waals surface area contributed by atoms with E-state index < -0.39 is 0 Å². The van der Waals surface area contributed by atoms with E-state index in [0.29, 0.717) is 5.92 Å². The molecule has 2 N–H and O–H groups in total. The molecule has 0 aliphatic carbocycles. The molecule has 1 fully saturated rings. The summed E-state index contributed by atoms with van der Waals surface area (Å²) in [6.45, 7) is 6.34. The Hall–Kier alpha value is -0.770. The summed E-state index contributed by atoms with van der Waals surface area (Å²) in [5.41, 5.74) is 2.55. The number of anilines is 1. The summed E-state index contributed by atoms with van der Waals surface area (Å²) in [6.07, 6.45) is 2.06. The van der Waals surface area contributed by atoms with Gasteiger partial charge in [0.2, 0.25) is 0 Å². The summed E-state index contributed by atoms with van der Waals surface area (Å²) in [6, 6.07) is 6.13. The van der Waals surface area contributed by atoms with Crippen molar-refractivity contribution < 1.29 is 5.11 Å². The highest BCUT2D eigenvalue weighted by atomic mass is 35.5. The Labute approximate surface area is 120 Å². The first-order chi connectivity index (χ1) is 9.24. The highest BCUT2D eigenvalue weighted by Gasteiger charge is 2.23. The second kappa shape index (κ2) is 7.13. The zero-order valence-electron chi connectivity index (χ0n) is 11.5. The van der Waals surface area contributed by atoms with Crippen molar-refractivity contribution in [2.45, 2.75) is 26.3 Å². The van der Waals surface area contributed by atoms with E-state index in [0.717, 1.165) is 44.0 Å².